The Kier molecular flexibility index (Phi) is 4.44. The van der Waals surface area contributed by atoms with Crippen LogP contribution >= 0.6 is 23.2 Å². The molecule has 1 unspecified atom stereocenters. The van der Waals surface area contributed by atoms with Crippen LogP contribution in [0.3, 0.4) is 0 Å². The second-order valence-electron chi connectivity index (χ2n) is 5.87. The van der Waals surface area contributed by atoms with Crippen LogP contribution in [0.2, 0.25) is 5.02 Å². The highest BCUT2D eigenvalue weighted by Crippen LogP contribution is 2.41. The summed E-state index contributed by atoms with van der Waals surface area (Å²) in [6.07, 6.45) is 7.03. The van der Waals surface area contributed by atoms with Gasteiger partial charge in [0.15, 0.2) is 0 Å². The van der Waals surface area contributed by atoms with E-state index in [1.807, 2.05) is 18.2 Å². The maximum Gasteiger partial charge on any atom is 0.138 e. The largest absolute Gasteiger partial charge is 0.489 e. The Morgan fingerprint density at radius 1 is 1.30 bits per heavy atom. The van der Waals surface area contributed by atoms with Crippen molar-refractivity contribution in [2.75, 3.05) is 6.61 Å². The van der Waals surface area contributed by atoms with Crippen molar-refractivity contribution in [1.29, 1.82) is 0 Å². The summed E-state index contributed by atoms with van der Waals surface area (Å²) in [7, 11) is 0. The number of hydrogen-bond donors (Lipinski definition) is 0. The molecule has 0 radical (unpaired) electrons. The first-order chi connectivity index (χ1) is 9.71. The van der Waals surface area contributed by atoms with Crippen molar-refractivity contribution in [2.45, 2.75) is 56.1 Å². The minimum Gasteiger partial charge on any atom is -0.489 e. The fourth-order valence-electron chi connectivity index (χ4n) is 3.35. The van der Waals surface area contributed by atoms with Crippen LogP contribution in [0.25, 0.3) is 0 Å². The van der Waals surface area contributed by atoms with Crippen LogP contribution in [0.5, 0.6) is 5.75 Å². The highest BCUT2D eigenvalue weighted by Gasteiger charge is 2.40. The van der Waals surface area contributed by atoms with Crippen LogP contribution < -0.4 is 4.74 Å². The van der Waals surface area contributed by atoms with Gasteiger partial charge in [0.1, 0.15) is 11.9 Å². The summed E-state index contributed by atoms with van der Waals surface area (Å²) in [4.78, 5) is 0. The molecule has 2 aliphatic rings. The molecule has 1 aromatic carbocycles. The third kappa shape index (κ3) is 3.08. The zero-order chi connectivity index (χ0) is 14.0. The third-order valence-corrected chi connectivity index (χ3v) is 5.01. The Morgan fingerprint density at radius 3 is 2.80 bits per heavy atom. The first-order valence-electron chi connectivity index (χ1n) is 7.36. The van der Waals surface area contributed by atoms with E-state index in [9.17, 15) is 0 Å². The fourth-order valence-corrected chi connectivity index (χ4v) is 3.77. The minimum absolute atomic E-state index is 0.0749. The molecule has 1 aliphatic heterocycles. The Hall–Kier alpha value is -0.440. The van der Waals surface area contributed by atoms with E-state index in [1.165, 1.54) is 25.7 Å². The Morgan fingerprint density at radius 2 is 2.10 bits per heavy atom. The van der Waals surface area contributed by atoms with Gasteiger partial charge in [0.2, 0.25) is 0 Å². The van der Waals surface area contributed by atoms with E-state index in [2.05, 4.69) is 0 Å². The molecule has 1 heterocycles. The van der Waals surface area contributed by atoms with Crippen molar-refractivity contribution in [3.8, 4) is 5.75 Å². The Bertz CT molecular complexity index is 470. The maximum absolute atomic E-state index is 6.26. The topological polar surface area (TPSA) is 18.5 Å². The van der Waals surface area contributed by atoms with Gasteiger partial charge in [-0.3, -0.25) is 0 Å². The van der Waals surface area contributed by atoms with Gasteiger partial charge in [-0.05, 0) is 30.5 Å². The van der Waals surface area contributed by atoms with E-state index in [0.717, 1.165) is 30.8 Å². The summed E-state index contributed by atoms with van der Waals surface area (Å²) in [5.74, 6) is 1.24. The molecular formula is C16H20Cl2O2. The van der Waals surface area contributed by atoms with Gasteiger partial charge in [0, 0.05) is 18.7 Å². The summed E-state index contributed by atoms with van der Waals surface area (Å²) in [5, 5.41) is 0.648. The average Bonchev–Trinajstić information content (AvgIpc) is 2.89. The van der Waals surface area contributed by atoms with Crippen LogP contribution in [0, 0.1) is 0 Å². The number of benzene rings is 1. The fraction of sp³-hybridized carbons (Fsp3) is 0.625. The van der Waals surface area contributed by atoms with Crippen molar-refractivity contribution in [1.82, 2.24) is 0 Å². The van der Waals surface area contributed by atoms with Crippen LogP contribution in [-0.4, -0.2) is 18.3 Å². The van der Waals surface area contributed by atoms with E-state index < -0.39 is 0 Å². The normalized spacial score (nSPS) is 25.0. The van der Waals surface area contributed by atoms with Crippen LogP contribution in [0.1, 0.15) is 44.1 Å². The molecule has 20 heavy (non-hydrogen) atoms. The SMILES string of the molecule is ClCc1ccc(OC2CCOC3(CCCC3)C2)c(Cl)c1. The van der Waals surface area contributed by atoms with Crippen molar-refractivity contribution >= 4 is 23.2 Å². The smallest absolute Gasteiger partial charge is 0.138 e. The number of halogens is 2. The minimum atomic E-state index is 0.0749. The molecule has 2 fully saturated rings. The molecular weight excluding hydrogens is 295 g/mol. The van der Waals surface area contributed by atoms with E-state index in [0.29, 0.717) is 10.9 Å². The van der Waals surface area contributed by atoms with Gasteiger partial charge < -0.3 is 9.47 Å². The van der Waals surface area contributed by atoms with Crippen LogP contribution in [0.15, 0.2) is 18.2 Å². The molecule has 0 bridgehead atoms. The number of rotatable bonds is 3. The van der Waals surface area contributed by atoms with E-state index in [1.54, 1.807) is 0 Å². The van der Waals surface area contributed by atoms with Crippen molar-refractivity contribution < 1.29 is 9.47 Å². The molecule has 1 atom stereocenters. The first kappa shape index (κ1) is 14.5. The predicted octanol–water partition coefficient (Wildman–Crippen LogP) is 4.95. The lowest BCUT2D eigenvalue weighted by atomic mass is 9.90. The summed E-state index contributed by atoms with van der Waals surface area (Å²) in [6, 6.07) is 5.78. The second kappa shape index (κ2) is 6.13. The van der Waals surface area contributed by atoms with Gasteiger partial charge in [-0.25, -0.2) is 0 Å². The molecule has 1 aromatic rings. The Balaban J connectivity index is 1.68. The van der Waals surface area contributed by atoms with Gasteiger partial charge in [-0.15, -0.1) is 11.6 Å². The second-order valence-corrected chi connectivity index (χ2v) is 6.54. The molecule has 0 N–H and O–H groups in total. The average molecular weight is 315 g/mol. The van der Waals surface area contributed by atoms with Gasteiger partial charge >= 0.3 is 0 Å². The summed E-state index contributed by atoms with van der Waals surface area (Å²) in [6.45, 7) is 0.794. The summed E-state index contributed by atoms with van der Waals surface area (Å²) >= 11 is 12.1. The van der Waals surface area contributed by atoms with Crippen molar-refractivity contribution in [3.05, 3.63) is 28.8 Å². The van der Waals surface area contributed by atoms with Gasteiger partial charge in [0.25, 0.3) is 0 Å². The molecule has 3 rings (SSSR count). The lowest BCUT2D eigenvalue weighted by Crippen LogP contribution is -2.41. The zero-order valence-corrected chi connectivity index (χ0v) is 13.1. The summed E-state index contributed by atoms with van der Waals surface area (Å²) < 4.78 is 12.1. The number of ether oxygens (including phenoxy) is 2. The Labute approximate surface area is 130 Å². The standard InChI is InChI=1S/C16H20Cl2O2/c17-11-12-3-4-15(14(18)9-12)20-13-5-8-19-16(10-13)6-1-2-7-16/h3-4,9,13H,1-2,5-8,10-11H2. The molecule has 1 aliphatic carbocycles. The van der Waals surface area contributed by atoms with Crippen molar-refractivity contribution in [3.63, 3.8) is 0 Å². The quantitative estimate of drug-likeness (QED) is 0.735. The number of hydrogen-bond acceptors (Lipinski definition) is 2. The van der Waals surface area contributed by atoms with E-state index in [-0.39, 0.29) is 11.7 Å². The molecule has 1 saturated carbocycles. The first-order valence-corrected chi connectivity index (χ1v) is 8.27. The van der Waals surface area contributed by atoms with Gasteiger partial charge in [-0.2, -0.15) is 0 Å². The molecule has 110 valence electrons. The summed E-state index contributed by atoms with van der Waals surface area (Å²) in [5.41, 5.74) is 1.09. The van der Waals surface area contributed by atoms with E-state index in [4.69, 9.17) is 32.7 Å². The number of alkyl halides is 1. The molecule has 0 amide bonds. The predicted molar refractivity (Wildman–Crippen MR) is 81.8 cm³/mol. The monoisotopic (exact) mass is 314 g/mol. The zero-order valence-electron chi connectivity index (χ0n) is 11.5. The van der Waals surface area contributed by atoms with Crippen LogP contribution in [-0.2, 0) is 10.6 Å². The molecule has 2 nitrogen and oxygen atoms in total. The van der Waals surface area contributed by atoms with E-state index >= 15 is 0 Å². The molecule has 1 spiro atoms. The molecule has 0 aromatic heterocycles. The van der Waals surface area contributed by atoms with Crippen molar-refractivity contribution in [2.24, 2.45) is 0 Å². The molecule has 4 heteroatoms. The van der Waals surface area contributed by atoms with Crippen LogP contribution in [0.4, 0.5) is 0 Å². The molecule has 1 saturated heterocycles. The lowest BCUT2D eigenvalue weighted by molar-refractivity contribution is -0.108. The third-order valence-electron chi connectivity index (χ3n) is 4.41. The van der Waals surface area contributed by atoms with Gasteiger partial charge in [0.05, 0.1) is 17.2 Å². The van der Waals surface area contributed by atoms with Gasteiger partial charge in [-0.1, -0.05) is 30.5 Å². The highest BCUT2D eigenvalue weighted by atomic mass is 35.5. The lowest BCUT2D eigenvalue weighted by Gasteiger charge is -2.38. The highest BCUT2D eigenvalue weighted by molar-refractivity contribution is 6.32. The maximum atomic E-state index is 6.26.